The number of amides is 1. The molecule has 20 heavy (non-hydrogen) atoms. The summed E-state index contributed by atoms with van der Waals surface area (Å²) >= 11 is 0. The van der Waals surface area contributed by atoms with E-state index in [0.717, 1.165) is 29.9 Å². The van der Waals surface area contributed by atoms with Crippen molar-refractivity contribution in [3.8, 4) is 0 Å². The van der Waals surface area contributed by atoms with E-state index in [9.17, 15) is 9.90 Å². The second-order valence-corrected chi connectivity index (χ2v) is 5.43. The second-order valence-electron chi connectivity index (χ2n) is 5.43. The Hall–Kier alpha value is -1.95. The van der Waals surface area contributed by atoms with Crippen molar-refractivity contribution in [1.82, 2.24) is 19.9 Å². The predicted octanol–water partition coefficient (Wildman–Crippen LogP) is 0.847. The van der Waals surface area contributed by atoms with Gasteiger partial charge in [-0.15, -0.1) is 0 Å². The van der Waals surface area contributed by atoms with Crippen molar-refractivity contribution in [2.24, 2.45) is 5.92 Å². The Labute approximate surface area is 116 Å². The lowest BCUT2D eigenvalue weighted by Gasteiger charge is -2.12. The highest BCUT2D eigenvalue weighted by Gasteiger charge is 2.29. The van der Waals surface area contributed by atoms with Crippen LogP contribution >= 0.6 is 0 Å². The van der Waals surface area contributed by atoms with Gasteiger partial charge in [-0.05, 0) is 32.6 Å². The van der Waals surface area contributed by atoms with Gasteiger partial charge in [0, 0.05) is 18.8 Å². The van der Waals surface area contributed by atoms with Crippen LogP contribution in [0.4, 0.5) is 0 Å². The zero-order valence-corrected chi connectivity index (χ0v) is 11.6. The molecule has 0 saturated heterocycles. The summed E-state index contributed by atoms with van der Waals surface area (Å²) in [6, 6.07) is 1.87. The van der Waals surface area contributed by atoms with Gasteiger partial charge in [0.2, 0.25) is 0 Å². The van der Waals surface area contributed by atoms with E-state index < -0.39 is 6.10 Å². The molecule has 2 N–H and O–H groups in total. The molecule has 1 amide bonds. The largest absolute Gasteiger partial charge is 0.391 e. The Morgan fingerprint density at radius 3 is 3.00 bits per heavy atom. The zero-order chi connectivity index (χ0) is 14.3. The number of carbonyl (C=O) groups is 1. The number of nitrogens with one attached hydrogen (secondary N) is 1. The van der Waals surface area contributed by atoms with Gasteiger partial charge in [-0.1, -0.05) is 0 Å². The van der Waals surface area contributed by atoms with E-state index in [4.69, 9.17) is 0 Å². The molecular formula is C14H18N4O2. The molecule has 0 spiro atoms. The molecule has 6 nitrogen and oxygen atoms in total. The number of hydrogen-bond donors (Lipinski definition) is 2. The minimum atomic E-state index is -0.442. The lowest BCUT2D eigenvalue weighted by Crippen LogP contribution is -2.33. The zero-order valence-electron chi connectivity index (χ0n) is 11.6. The van der Waals surface area contributed by atoms with Crippen molar-refractivity contribution in [1.29, 1.82) is 0 Å². The summed E-state index contributed by atoms with van der Waals surface area (Å²) in [5.74, 6) is 0.135. The van der Waals surface area contributed by atoms with Crippen LogP contribution in [0.5, 0.6) is 0 Å². The molecule has 2 aromatic heterocycles. The average molecular weight is 274 g/mol. The summed E-state index contributed by atoms with van der Waals surface area (Å²) in [4.78, 5) is 16.4. The van der Waals surface area contributed by atoms with Crippen LogP contribution in [0.2, 0.25) is 0 Å². The smallest absolute Gasteiger partial charge is 0.254 e. The van der Waals surface area contributed by atoms with Gasteiger partial charge in [0.1, 0.15) is 0 Å². The number of hydrogen-bond acceptors (Lipinski definition) is 4. The highest BCUT2D eigenvalue weighted by Crippen LogP contribution is 2.32. The summed E-state index contributed by atoms with van der Waals surface area (Å²) in [5, 5.41) is 16.9. The molecule has 6 heteroatoms. The molecular weight excluding hydrogens is 256 g/mol. The Morgan fingerprint density at radius 2 is 2.30 bits per heavy atom. The third kappa shape index (κ3) is 2.38. The summed E-state index contributed by atoms with van der Waals surface area (Å²) in [5.41, 5.74) is 2.84. The minimum Gasteiger partial charge on any atom is -0.391 e. The molecule has 0 aliphatic heterocycles. The molecule has 1 aliphatic rings. The van der Waals surface area contributed by atoms with Gasteiger partial charge in [0.05, 0.1) is 23.1 Å². The van der Waals surface area contributed by atoms with Crippen LogP contribution < -0.4 is 5.32 Å². The molecule has 0 aromatic carbocycles. The summed E-state index contributed by atoms with van der Waals surface area (Å²) in [6.07, 6.45) is 3.22. The van der Waals surface area contributed by atoms with Gasteiger partial charge < -0.3 is 10.4 Å². The van der Waals surface area contributed by atoms with E-state index in [1.165, 1.54) is 0 Å². The fourth-order valence-electron chi connectivity index (χ4n) is 2.33. The number of aryl methyl sites for hydroxylation is 2. The van der Waals surface area contributed by atoms with Gasteiger partial charge >= 0.3 is 0 Å². The quantitative estimate of drug-likeness (QED) is 0.866. The van der Waals surface area contributed by atoms with E-state index in [0.29, 0.717) is 18.0 Å². The SMILES string of the molecule is Cc1cc2ncc(C(=O)NCC(O)C3CC3)c(C)n2n1. The molecule has 2 aromatic rings. The maximum Gasteiger partial charge on any atom is 0.254 e. The van der Waals surface area contributed by atoms with E-state index in [2.05, 4.69) is 15.4 Å². The lowest BCUT2D eigenvalue weighted by atomic mass is 10.2. The number of nitrogens with zero attached hydrogens (tertiary/aromatic N) is 3. The fraction of sp³-hybridized carbons (Fsp3) is 0.500. The van der Waals surface area contributed by atoms with Crippen molar-refractivity contribution in [2.45, 2.75) is 32.8 Å². The van der Waals surface area contributed by atoms with Crippen LogP contribution in [0.15, 0.2) is 12.3 Å². The van der Waals surface area contributed by atoms with Crippen LogP contribution in [0.3, 0.4) is 0 Å². The van der Waals surface area contributed by atoms with Gasteiger partial charge in [-0.3, -0.25) is 4.79 Å². The van der Waals surface area contributed by atoms with Crippen LogP contribution in [-0.2, 0) is 0 Å². The number of rotatable bonds is 4. The molecule has 1 unspecified atom stereocenters. The van der Waals surface area contributed by atoms with Crippen LogP contribution in [0.1, 0.15) is 34.6 Å². The Morgan fingerprint density at radius 1 is 1.55 bits per heavy atom. The normalized spacial score (nSPS) is 16.4. The van der Waals surface area contributed by atoms with Gasteiger partial charge in [0.15, 0.2) is 5.65 Å². The van der Waals surface area contributed by atoms with Gasteiger partial charge in [-0.25, -0.2) is 9.50 Å². The molecule has 1 fully saturated rings. The first-order chi connectivity index (χ1) is 9.56. The minimum absolute atomic E-state index is 0.218. The molecule has 106 valence electrons. The van der Waals surface area contributed by atoms with Crippen molar-refractivity contribution in [3.63, 3.8) is 0 Å². The number of carbonyl (C=O) groups excluding carboxylic acids is 1. The molecule has 0 radical (unpaired) electrons. The van der Waals surface area contributed by atoms with Crippen molar-refractivity contribution in [3.05, 3.63) is 29.2 Å². The second kappa shape index (κ2) is 4.86. The monoisotopic (exact) mass is 274 g/mol. The van der Waals surface area contributed by atoms with Crippen molar-refractivity contribution < 1.29 is 9.90 Å². The lowest BCUT2D eigenvalue weighted by molar-refractivity contribution is 0.0899. The van der Waals surface area contributed by atoms with Crippen molar-refractivity contribution >= 4 is 11.6 Å². The Balaban J connectivity index is 1.78. The molecule has 2 heterocycles. The predicted molar refractivity (Wildman–Crippen MR) is 73.5 cm³/mol. The van der Waals surface area contributed by atoms with E-state index in [-0.39, 0.29) is 5.91 Å². The topological polar surface area (TPSA) is 79.5 Å². The number of aliphatic hydroxyl groups excluding tert-OH is 1. The first-order valence-corrected chi connectivity index (χ1v) is 6.84. The third-order valence-electron chi connectivity index (χ3n) is 3.73. The maximum absolute atomic E-state index is 12.2. The first-order valence-electron chi connectivity index (χ1n) is 6.84. The highest BCUT2D eigenvalue weighted by atomic mass is 16.3. The average Bonchev–Trinajstić information content (AvgIpc) is 3.19. The van der Waals surface area contributed by atoms with Crippen LogP contribution in [0, 0.1) is 19.8 Å². The summed E-state index contributed by atoms with van der Waals surface area (Å²) < 4.78 is 1.67. The summed E-state index contributed by atoms with van der Waals surface area (Å²) in [6.45, 7) is 4.02. The molecule has 1 aliphatic carbocycles. The van der Waals surface area contributed by atoms with E-state index in [1.807, 2.05) is 19.9 Å². The molecule has 0 bridgehead atoms. The number of aliphatic hydroxyl groups is 1. The van der Waals surface area contributed by atoms with Crippen LogP contribution in [0.25, 0.3) is 5.65 Å². The first kappa shape index (κ1) is 13.1. The third-order valence-corrected chi connectivity index (χ3v) is 3.73. The number of fused-ring (bicyclic) bond motifs is 1. The molecule has 1 atom stereocenters. The Bertz CT molecular complexity index is 660. The van der Waals surface area contributed by atoms with Gasteiger partial charge in [-0.2, -0.15) is 5.10 Å². The Kier molecular flexibility index (Phi) is 3.17. The highest BCUT2D eigenvalue weighted by molar-refractivity contribution is 5.95. The maximum atomic E-state index is 12.2. The van der Waals surface area contributed by atoms with Gasteiger partial charge in [0.25, 0.3) is 5.91 Å². The standard InChI is InChI=1S/C14H18N4O2/c1-8-5-13-15-6-11(9(2)18(13)17-8)14(20)16-7-12(19)10-3-4-10/h5-6,10,12,19H,3-4,7H2,1-2H3,(H,16,20). The molecule has 3 rings (SSSR count). The van der Waals surface area contributed by atoms with Crippen molar-refractivity contribution in [2.75, 3.05) is 6.54 Å². The summed E-state index contributed by atoms with van der Waals surface area (Å²) in [7, 11) is 0. The molecule has 1 saturated carbocycles. The van der Waals surface area contributed by atoms with E-state index in [1.54, 1.807) is 10.7 Å². The fourth-order valence-corrected chi connectivity index (χ4v) is 2.33. The number of aromatic nitrogens is 3. The van der Waals surface area contributed by atoms with E-state index >= 15 is 0 Å². The van der Waals surface area contributed by atoms with Crippen LogP contribution in [-0.4, -0.2) is 38.3 Å².